The number of benzene rings is 1. The second-order valence-electron chi connectivity index (χ2n) is 6.98. The third-order valence-electron chi connectivity index (χ3n) is 4.81. The van der Waals surface area contributed by atoms with Crippen LogP contribution in [0.15, 0.2) is 54.4 Å². The quantitative estimate of drug-likeness (QED) is 0.549. The number of amides is 1. The highest BCUT2D eigenvalue weighted by Gasteiger charge is 2.21. The van der Waals surface area contributed by atoms with Gasteiger partial charge < -0.3 is 19.1 Å². The number of methoxy groups -OCH3 is 1. The third kappa shape index (κ3) is 4.95. The topological polar surface area (TPSA) is 73.8 Å². The van der Waals surface area contributed by atoms with E-state index in [1.807, 2.05) is 30.3 Å². The monoisotopic (exact) mass is 425 g/mol. The molecule has 4 rings (SSSR count). The fourth-order valence-corrected chi connectivity index (χ4v) is 3.89. The van der Waals surface area contributed by atoms with Gasteiger partial charge in [-0.1, -0.05) is 12.1 Å². The van der Waals surface area contributed by atoms with E-state index in [1.165, 1.54) is 11.3 Å². The van der Waals surface area contributed by atoms with Gasteiger partial charge in [-0.25, -0.2) is 0 Å². The Balaban J connectivity index is 1.54. The Kier molecular flexibility index (Phi) is 6.56. The number of pyridine rings is 1. The first-order valence-corrected chi connectivity index (χ1v) is 10.6. The Labute approximate surface area is 179 Å². The van der Waals surface area contributed by atoms with Crippen LogP contribution in [0.4, 0.5) is 0 Å². The molecule has 0 saturated carbocycles. The fraction of sp³-hybridized carbons (Fsp3) is 0.318. The average molecular weight is 426 g/mol. The summed E-state index contributed by atoms with van der Waals surface area (Å²) in [6.45, 7) is 2.18. The first kappa shape index (κ1) is 20.3. The Morgan fingerprint density at radius 2 is 2.10 bits per heavy atom. The number of hydrogen-bond acceptors (Lipinski definition) is 7. The van der Waals surface area contributed by atoms with Crippen molar-refractivity contribution >= 4 is 17.2 Å². The van der Waals surface area contributed by atoms with Crippen molar-refractivity contribution in [2.45, 2.75) is 25.6 Å². The highest BCUT2D eigenvalue weighted by molar-refractivity contribution is 7.11. The molecule has 0 bridgehead atoms. The normalized spacial score (nSPS) is 15.7. The van der Waals surface area contributed by atoms with Gasteiger partial charge in [-0.15, -0.1) is 11.3 Å². The van der Waals surface area contributed by atoms with Gasteiger partial charge >= 0.3 is 0 Å². The van der Waals surface area contributed by atoms with Gasteiger partial charge in [0.1, 0.15) is 11.0 Å². The Hall–Kier alpha value is -2.97. The number of rotatable bonds is 8. The summed E-state index contributed by atoms with van der Waals surface area (Å²) in [5, 5.41) is 0. The predicted molar refractivity (Wildman–Crippen MR) is 113 cm³/mol. The second-order valence-corrected chi connectivity index (χ2v) is 7.86. The molecule has 1 aromatic carbocycles. The molecule has 7 nitrogen and oxygen atoms in total. The van der Waals surface area contributed by atoms with Crippen LogP contribution in [-0.2, 0) is 17.8 Å². The van der Waals surface area contributed by atoms with Crippen LogP contribution in [0.25, 0.3) is 0 Å². The molecule has 0 spiro atoms. The van der Waals surface area contributed by atoms with Crippen molar-refractivity contribution in [3.8, 4) is 11.5 Å². The zero-order valence-electron chi connectivity index (χ0n) is 16.7. The van der Waals surface area contributed by atoms with E-state index >= 15 is 0 Å². The van der Waals surface area contributed by atoms with E-state index in [9.17, 15) is 4.79 Å². The van der Waals surface area contributed by atoms with Gasteiger partial charge in [-0.2, -0.15) is 0 Å². The molecule has 1 atom stereocenters. The second kappa shape index (κ2) is 9.69. The van der Waals surface area contributed by atoms with Crippen molar-refractivity contribution in [3.05, 3.63) is 70.4 Å². The van der Waals surface area contributed by atoms with Crippen LogP contribution in [0.1, 0.15) is 27.2 Å². The van der Waals surface area contributed by atoms with E-state index in [0.29, 0.717) is 42.7 Å². The Morgan fingerprint density at radius 3 is 2.80 bits per heavy atom. The predicted octanol–water partition coefficient (Wildman–Crippen LogP) is 3.56. The van der Waals surface area contributed by atoms with Crippen LogP contribution in [0.5, 0.6) is 11.5 Å². The maximum absolute atomic E-state index is 13.1. The molecule has 156 valence electrons. The molecule has 1 aliphatic rings. The number of aromatic nitrogens is 2. The molecular formula is C22H23N3O4S. The minimum absolute atomic E-state index is 0.0414. The van der Waals surface area contributed by atoms with Crippen LogP contribution < -0.4 is 9.47 Å². The van der Waals surface area contributed by atoms with Gasteiger partial charge in [0.05, 0.1) is 32.0 Å². The van der Waals surface area contributed by atoms with Crippen LogP contribution in [0, 0.1) is 0 Å². The molecule has 1 saturated heterocycles. The van der Waals surface area contributed by atoms with Crippen molar-refractivity contribution in [3.63, 3.8) is 0 Å². The molecule has 2 aromatic heterocycles. The third-order valence-corrected chi connectivity index (χ3v) is 5.57. The lowest BCUT2D eigenvalue weighted by Gasteiger charge is -2.23. The van der Waals surface area contributed by atoms with Crippen LogP contribution in [-0.4, -0.2) is 47.2 Å². The van der Waals surface area contributed by atoms with E-state index in [4.69, 9.17) is 14.2 Å². The minimum Gasteiger partial charge on any atom is -0.493 e. The highest BCUT2D eigenvalue weighted by Crippen LogP contribution is 2.31. The van der Waals surface area contributed by atoms with Gasteiger partial charge in [0.25, 0.3) is 5.91 Å². The highest BCUT2D eigenvalue weighted by atomic mass is 32.1. The summed E-state index contributed by atoms with van der Waals surface area (Å²) in [6.07, 6.45) is 6.00. The van der Waals surface area contributed by atoms with E-state index in [0.717, 1.165) is 17.5 Å². The number of ether oxygens (including phenoxy) is 3. The van der Waals surface area contributed by atoms with Crippen molar-refractivity contribution in [1.82, 2.24) is 14.9 Å². The summed E-state index contributed by atoms with van der Waals surface area (Å²) in [6, 6.07) is 9.60. The standard InChI is InChI=1S/C22H23N3O4S/c1-27-20-9-16(4-5-19(20)29-18-6-8-28-14-18)12-25(13-17-3-2-7-23-10-17)22(26)21-11-24-15-30-21/h2-5,7,9-11,15,18H,6,8,12-14H2,1H3/t18-/m0/s1. The zero-order valence-corrected chi connectivity index (χ0v) is 17.5. The van der Waals surface area contributed by atoms with Gasteiger partial charge in [0.15, 0.2) is 11.5 Å². The largest absolute Gasteiger partial charge is 0.493 e. The first-order valence-electron chi connectivity index (χ1n) is 9.71. The molecule has 1 aliphatic heterocycles. The van der Waals surface area contributed by atoms with E-state index in [-0.39, 0.29) is 12.0 Å². The summed E-state index contributed by atoms with van der Waals surface area (Å²) < 4.78 is 16.9. The molecule has 1 fully saturated rings. The minimum atomic E-state index is -0.0660. The molecule has 0 N–H and O–H groups in total. The summed E-state index contributed by atoms with van der Waals surface area (Å²) in [7, 11) is 1.62. The zero-order chi connectivity index (χ0) is 20.8. The average Bonchev–Trinajstić information content (AvgIpc) is 3.49. The number of carbonyl (C=O) groups excluding carboxylic acids is 1. The van der Waals surface area contributed by atoms with E-state index < -0.39 is 0 Å². The van der Waals surface area contributed by atoms with E-state index in [1.54, 1.807) is 36.1 Å². The molecule has 0 unspecified atom stereocenters. The van der Waals surface area contributed by atoms with Crippen LogP contribution in [0.3, 0.4) is 0 Å². The van der Waals surface area contributed by atoms with Crippen molar-refractivity contribution in [2.24, 2.45) is 0 Å². The van der Waals surface area contributed by atoms with Gasteiger partial charge in [-0.3, -0.25) is 14.8 Å². The van der Waals surface area contributed by atoms with E-state index in [2.05, 4.69) is 9.97 Å². The Morgan fingerprint density at radius 1 is 1.20 bits per heavy atom. The molecule has 1 amide bonds. The van der Waals surface area contributed by atoms with Gasteiger partial charge in [-0.05, 0) is 29.3 Å². The van der Waals surface area contributed by atoms with Crippen LogP contribution >= 0.6 is 11.3 Å². The lowest BCUT2D eigenvalue weighted by Crippen LogP contribution is -2.29. The van der Waals surface area contributed by atoms with Gasteiger partial charge in [0, 0.05) is 31.9 Å². The maximum Gasteiger partial charge on any atom is 0.266 e. The summed E-state index contributed by atoms with van der Waals surface area (Å²) in [5.74, 6) is 1.26. The SMILES string of the molecule is COc1cc(CN(Cc2cccnc2)C(=O)c2cncs2)ccc1O[C@H]1CCOC1. The number of thiazole rings is 1. The Bertz CT molecular complexity index is 960. The molecule has 3 aromatic rings. The molecular weight excluding hydrogens is 402 g/mol. The van der Waals surface area contributed by atoms with Crippen molar-refractivity contribution in [2.75, 3.05) is 20.3 Å². The summed E-state index contributed by atoms with van der Waals surface area (Å²) in [4.78, 5) is 23.7. The summed E-state index contributed by atoms with van der Waals surface area (Å²) >= 11 is 1.33. The number of hydrogen-bond donors (Lipinski definition) is 0. The lowest BCUT2D eigenvalue weighted by molar-refractivity contribution is 0.0734. The van der Waals surface area contributed by atoms with Gasteiger partial charge in [0.2, 0.25) is 0 Å². The number of carbonyl (C=O) groups is 1. The van der Waals surface area contributed by atoms with Crippen LogP contribution in [0.2, 0.25) is 0 Å². The molecule has 8 heteroatoms. The lowest BCUT2D eigenvalue weighted by atomic mass is 10.1. The summed E-state index contributed by atoms with van der Waals surface area (Å²) in [5.41, 5.74) is 3.57. The molecule has 0 radical (unpaired) electrons. The van der Waals surface area contributed by atoms with Crippen molar-refractivity contribution < 1.29 is 19.0 Å². The number of nitrogens with zero attached hydrogens (tertiary/aromatic N) is 3. The molecule has 3 heterocycles. The van der Waals surface area contributed by atoms with Crippen molar-refractivity contribution in [1.29, 1.82) is 0 Å². The smallest absolute Gasteiger partial charge is 0.266 e. The first-order chi connectivity index (χ1) is 14.7. The fourth-order valence-electron chi connectivity index (χ4n) is 3.30. The molecule has 0 aliphatic carbocycles. The molecule has 30 heavy (non-hydrogen) atoms. The maximum atomic E-state index is 13.1.